The molecule has 0 atom stereocenters. The molecule has 0 unspecified atom stereocenters. The van der Waals surface area contributed by atoms with Crippen LogP contribution in [0.4, 0.5) is 0 Å². The van der Waals surface area contributed by atoms with Gasteiger partial charge in [-0.2, -0.15) is 0 Å². The molecule has 0 bridgehead atoms. The third-order valence-electron chi connectivity index (χ3n) is 1.75. The molecule has 0 spiro atoms. The summed E-state index contributed by atoms with van der Waals surface area (Å²) in [7, 11) is 1.62. The minimum atomic E-state index is 0.591. The van der Waals surface area contributed by atoms with Crippen molar-refractivity contribution in [2.24, 2.45) is 0 Å². The van der Waals surface area contributed by atoms with Gasteiger partial charge in [-0.05, 0) is 12.1 Å². The number of fused-ring (bicyclic) bond motifs is 1. The number of hydrogen-bond acceptors (Lipinski definition) is 3. The highest BCUT2D eigenvalue weighted by atomic mass is 16.6. The second-order valence-electron chi connectivity index (χ2n) is 2.48. The van der Waals surface area contributed by atoms with Crippen molar-refractivity contribution in [3.8, 4) is 17.2 Å². The zero-order valence-corrected chi connectivity index (χ0v) is 6.87. The van der Waals surface area contributed by atoms with E-state index in [0.717, 1.165) is 11.5 Å². The molecule has 0 aromatic heterocycles. The Hall–Kier alpha value is -1.38. The lowest BCUT2D eigenvalue weighted by Crippen LogP contribution is -2.15. The molecule has 1 aromatic rings. The van der Waals surface area contributed by atoms with E-state index in [1.807, 2.05) is 18.2 Å². The van der Waals surface area contributed by atoms with E-state index in [1.165, 1.54) is 0 Å². The van der Waals surface area contributed by atoms with Crippen LogP contribution >= 0.6 is 0 Å². The molecule has 1 aliphatic rings. The molecule has 12 heavy (non-hydrogen) atoms. The average Bonchev–Trinajstić information content (AvgIpc) is 2.17. The molecule has 1 aromatic carbocycles. The van der Waals surface area contributed by atoms with Crippen molar-refractivity contribution >= 4 is 0 Å². The quantitative estimate of drug-likeness (QED) is 0.632. The predicted octanol–water partition coefficient (Wildman–Crippen LogP) is 1.47. The second-order valence-corrected chi connectivity index (χ2v) is 2.48. The molecule has 0 aliphatic carbocycles. The average molecular weight is 166 g/mol. The third-order valence-corrected chi connectivity index (χ3v) is 1.75. The SMILES string of the molecule is COc1cccc2c1OCCO2. The van der Waals surface area contributed by atoms with Gasteiger partial charge in [-0.15, -0.1) is 0 Å². The van der Waals surface area contributed by atoms with Crippen LogP contribution in [0, 0.1) is 0 Å². The Kier molecular flexibility index (Phi) is 1.78. The second kappa shape index (κ2) is 2.93. The highest BCUT2D eigenvalue weighted by molar-refractivity contribution is 5.51. The molecular formula is C9H10O3. The molecule has 2 rings (SSSR count). The van der Waals surface area contributed by atoms with Crippen molar-refractivity contribution in [1.29, 1.82) is 0 Å². The van der Waals surface area contributed by atoms with Crippen LogP contribution in [0.3, 0.4) is 0 Å². The maximum atomic E-state index is 5.40. The van der Waals surface area contributed by atoms with Gasteiger partial charge >= 0.3 is 0 Å². The van der Waals surface area contributed by atoms with Gasteiger partial charge < -0.3 is 14.2 Å². The van der Waals surface area contributed by atoms with Crippen molar-refractivity contribution in [3.63, 3.8) is 0 Å². The minimum absolute atomic E-state index is 0.591. The fourth-order valence-corrected chi connectivity index (χ4v) is 1.21. The zero-order valence-electron chi connectivity index (χ0n) is 6.87. The first-order valence-corrected chi connectivity index (χ1v) is 3.84. The van der Waals surface area contributed by atoms with E-state index < -0.39 is 0 Å². The number of rotatable bonds is 1. The van der Waals surface area contributed by atoms with Crippen LogP contribution in [0.2, 0.25) is 0 Å². The normalized spacial score (nSPS) is 14.1. The molecule has 0 N–H and O–H groups in total. The molecule has 1 heterocycles. The number of ether oxygens (including phenoxy) is 3. The monoisotopic (exact) mass is 166 g/mol. The highest BCUT2D eigenvalue weighted by Crippen LogP contribution is 2.38. The summed E-state index contributed by atoms with van der Waals surface area (Å²) >= 11 is 0. The van der Waals surface area contributed by atoms with Gasteiger partial charge in [0.25, 0.3) is 0 Å². The summed E-state index contributed by atoms with van der Waals surface area (Å²) in [5, 5.41) is 0. The van der Waals surface area contributed by atoms with Crippen LogP contribution in [0.25, 0.3) is 0 Å². The Morgan fingerprint density at radius 1 is 1.25 bits per heavy atom. The molecule has 0 amide bonds. The van der Waals surface area contributed by atoms with Crippen LogP contribution in [0.1, 0.15) is 0 Å². The number of para-hydroxylation sites is 1. The van der Waals surface area contributed by atoms with Gasteiger partial charge in [0.2, 0.25) is 5.75 Å². The van der Waals surface area contributed by atoms with E-state index >= 15 is 0 Å². The number of benzene rings is 1. The van der Waals surface area contributed by atoms with Gasteiger partial charge in [0, 0.05) is 0 Å². The van der Waals surface area contributed by atoms with Gasteiger partial charge in [0.15, 0.2) is 11.5 Å². The first-order valence-electron chi connectivity index (χ1n) is 3.84. The number of methoxy groups -OCH3 is 1. The lowest BCUT2D eigenvalue weighted by atomic mass is 10.3. The van der Waals surface area contributed by atoms with E-state index in [0.29, 0.717) is 19.0 Å². The van der Waals surface area contributed by atoms with Crippen LogP contribution in [0.5, 0.6) is 17.2 Å². The van der Waals surface area contributed by atoms with Gasteiger partial charge in [0.05, 0.1) is 7.11 Å². The van der Waals surface area contributed by atoms with Crippen molar-refractivity contribution in [2.75, 3.05) is 20.3 Å². The first-order chi connectivity index (χ1) is 5.92. The topological polar surface area (TPSA) is 27.7 Å². The standard InChI is InChI=1S/C9H10O3/c1-10-7-3-2-4-8-9(7)12-6-5-11-8/h2-4H,5-6H2,1H3. The molecule has 3 heteroatoms. The molecule has 0 saturated carbocycles. The molecule has 0 radical (unpaired) electrons. The summed E-state index contributed by atoms with van der Waals surface area (Å²) in [5.41, 5.74) is 0. The molecule has 3 nitrogen and oxygen atoms in total. The van der Waals surface area contributed by atoms with E-state index in [9.17, 15) is 0 Å². The first kappa shape index (κ1) is 7.28. The molecule has 0 fully saturated rings. The fourth-order valence-electron chi connectivity index (χ4n) is 1.21. The third kappa shape index (κ3) is 1.07. The summed E-state index contributed by atoms with van der Waals surface area (Å²) in [4.78, 5) is 0. The summed E-state index contributed by atoms with van der Waals surface area (Å²) in [5.74, 6) is 2.21. The largest absolute Gasteiger partial charge is 0.493 e. The lowest BCUT2D eigenvalue weighted by molar-refractivity contribution is 0.165. The highest BCUT2D eigenvalue weighted by Gasteiger charge is 2.15. The fraction of sp³-hybridized carbons (Fsp3) is 0.333. The molecule has 1 aliphatic heterocycles. The Morgan fingerprint density at radius 2 is 2.08 bits per heavy atom. The van der Waals surface area contributed by atoms with Gasteiger partial charge in [-0.25, -0.2) is 0 Å². The summed E-state index contributed by atoms with van der Waals surface area (Å²) in [6, 6.07) is 5.61. The van der Waals surface area contributed by atoms with Crippen LogP contribution in [-0.2, 0) is 0 Å². The van der Waals surface area contributed by atoms with E-state index in [1.54, 1.807) is 7.11 Å². The molecular weight excluding hydrogens is 156 g/mol. The van der Waals surface area contributed by atoms with E-state index in [4.69, 9.17) is 14.2 Å². The Labute approximate surface area is 70.9 Å². The zero-order chi connectivity index (χ0) is 8.39. The van der Waals surface area contributed by atoms with Gasteiger partial charge in [0.1, 0.15) is 13.2 Å². The Bertz CT molecular complexity index is 269. The smallest absolute Gasteiger partial charge is 0.203 e. The van der Waals surface area contributed by atoms with Crippen LogP contribution in [-0.4, -0.2) is 20.3 Å². The van der Waals surface area contributed by atoms with Crippen LogP contribution < -0.4 is 14.2 Å². The van der Waals surface area contributed by atoms with Gasteiger partial charge in [-0.1, -0.05) is 6.07 Å². The van der Waals surface area contributed by atoms with Crippen molar-refractivity contribution in [1.82, 2.24) is 0 Å². The summed E-state index contributed by atoms with van der Waals surface area (Å²) in [6.45, 7) is 1.20. The summed E-state index contributed by atoms with van der Waals surface area (Å²) in [6.07, 6.45) is 0. The van der Waals surface area contributed by atoms with E-state index in [-0.39, 0.29) is 0 Å². The Morgan fingerprint density at radius 3 is 2.92 bits per heavy atom. The minimum Gasteiger partial charge on any atom is -0.493 e. The molecule has 0 saturated heterocycles. The Balaban J connectivity index is 2.44. The predicted molar refractivity (Wildman–Crippen MR) is 44.0 cm³/mol. The number of hydrogen-bond donors (Lipinski definition) is 0. The maximum absolute atomic E-state index is 5.40. The van der Waals surface area contributed by atoms with Crippen molar-refractivity contribution in [2.45, 2.75) is 0 Å². The van der Waals surface area contributed by atoms with Crippen molar-refractivity contribution in [3.05, 3.63) is 18.2 Å². The maximum Gasteiger partial charge on any atom is 0.203 e. The molecule has 64 valence electrons. The summed E-state index contributed by atoms with van der Waals surface area (Å²) < 4.78 is 15.9. The van der Waals surface area contributed by atoms with Crippen molar-refractivity contribution < 1.29 is 14.2 Å². The lowest BCUT2D eigenvalue weighted by Gasteiger charge is -2.19. The van der Waals surface area contributed by atoms with Crippen LogP contribution in [0.15, 0.2) is 18.2 Å². The van der Waals surface area contributed by atoms with E-state index in [2.05, 4.69) is 0 Å². The van der Waals surface area contributed by atoms with Gasteiger partial charge in [-0.3, -0.25) is 0 Å².